The molecule has 0 atom stereocenters. The largest absolute Gasteiger partial charge is 0.455 e. The molecule has 0 saturated heterocycles. The molecule has 3 heteroatoms. The molecule has 2 heterocycles. The second-order valence-electron chi connectivity index (χ2n) is 16.4. The third kappa shape index (κ3) is 5.09. The molecule has 13 rings (SSSR count). The normalized spacial score (nSPS) is 13.0. The summed E-state index contributed by atoms with van der Waals surface area (Å²) in [4.78, 5) is 2.44. The van der Waals surface area contributed by atoms with E-state index in [4.69, 9.17) is 4.42 Å². The van der Waals surface area contributed by atoms with E-state index in [9.17, 15) is 0 Å². The minimum Gasteiger partial charge on any atom is -0.455 e. The number of hydrogen-bond donors (Lipinski definition) is 0. The summed E-state index contributed by atoms with van der Waals surface area (Å²) >= 11 is 1.85. The van der Waals surface area contributed by atoms with Gasteiger partial charge in [-0.3, -0.25) is 0 Å². The SMILES string of the molecule is c1ccc(C2(c3ccccc3)c3ccccc3-c3ccc(N(c4ccc(-c5cccc6oc7c8ccccc8ccc7c56)cc4)c4ccc5sc6ccccc6c5c4)cc32)cc1. The second kappa shape index (κ2) is 13.7. The Balaban J connectivity index is 1.02. The lowest BCUT2D eigenvalue weighted by Gasteiger charge is -2.35. The molecule has 0 amide bonds. The van der Waals surface area contributed by atoms with Gasteiger partial charge in [0.05, 0.1) is 5.41 Å². The zero-order valence-corrected chi connectivity index (χ0v) is 34.4. The average molecular weight is 808 g/mol. The predicted molar refractivity (Wildman–Crippen MR) is 262 cm³/mol. The van der Waals surface area contributed by atoms with Gasteiger partial charge in [0, 0.05) is 53.4 Å². The van der Waals surface area contributed by atoms with E-state index in [2.05, 4.69) is 229 Å². The van der Waals surface area contributed by atoms with Crippen molar-refractivity contribution in [3.63, 3.8) is 0 Å². The van der Waals surface area contributed by atoms with Crippen LogP contribution in [0.2, 0.25) is 0 Å². The smallest absolute Gasteiger partial charge is 0.143 e. The van der Waals surface area contributed by atoms with Crippen LogP contribution in [0.3, 0.4) is 0 Å². The Morgan fingerprint density at radius 2 is 1.02 bits per heavy atom. The van der Waals surface area contributed by atoms with Crippen LogP contribution in [0, 0.1) is 0 Å². The molecule has 0 radical (unpaired) electrons. The molecule has 0 bridgehead atoms. The number of hydrogen-bond acceptors (Lipinski definition) is 3. The fourth-order valence-electron chi connectivity index (χ4n) is 10.5. The lowest BCUT2D eigenvalue weighted by atomic mass is 9.67. The molecule has 62 heavy (non-hydrogen) atoms. The molecule has 0 fully saturated rings. The van der Waals surface area contributed by atoms with Gasteiger partial charge in [-0.25, -0.2) is 0 Å². The summed E-state index contributed by atoms with van der Waals surface area (Å²) in [5.74, 6) is 0. The van der Waals surface area contributed by atoms with Crippen molar-refractivity contribution in [3.05, 3.63) is 247 Å². The first kappa shape index (κ1) is 35.1. The lowest BCUT2D eigenvalue weighted by molar-refractivity contribution is 0.673. The van der Waals surface area contributed by atoms with Gasteiger partial charge in [-0.1, -0.05) is 164 Å². The van der Waals surface area contributed by atoms with Gasteiger partial charge >= 0.3 is 0 Å². The molecular weight excluding hydrogens is 771 g/mol. The van der Waals surface area contributed by atoms with Gasteiger partial charge in [0.2, 0.25) is 0 Å². The molecule has 0 saturated carbocycles. The molecule has 12 aromatic rings. The minimum absolute atomic E-state index is 0.509. The molecule has 2 aromatic heterocycles. The van der Waals surface area contributed by atoms with Crippen LogP contribution in [0.1, 0.15) is 22.3 Å². The first-order valence-electron chi connectivity index (χ1n) is 21.2. The average Bonchev–Trinajstić information content (AvgIpc) is 4.01. The van der Waals surface area contributed by atoms with Crippen molar-refractivity contribution in [1.82, 2.24) is 0 Å². The van der Waals surface area contributed by atoms with Crippen molar-refractivity contribution in [2.24, 2.45) is 0 Å². The second-order valence-corrected chi connectivity index (χ2v) is 17.4. The molecule has 2 nitrogen and oxygen atoms in total. The quantitative estimate of drug-likeness (QED) is 0.166. The summed E-state index contributed by atoms with van der Waals surface area (Å²) in [6.07, 6.45) is 0. The van der Waals surface area contributed by atoms with Crippen molar-refractivity contribution in [2.75, 3.05) is 4.90 Å². The number of thiophene rings is 1. The van der Waals surface area contributed by atoms with E-state index in [-0.39, 0.29) is 0 Å². The summed E-state index contributed by atoms with van der Waals surface area (Å²) in [5, 5.41) is 7.15. The van der Waals surface area contributed by atoms with Crippen molar-refractivity contribution in [1.29, 1.82) is 0 Å². The van der Waals surface area contributed by atoms with Crippen LogP contribution in [0.15, 0.2) is 229 Å². The first-order valence-corrected chi connectivity index (χ1v) is 22.1. The van der Waals surface area contributed by atoms with Gasteiger partial charge in [0.15, 0.2) is 0 Å². The van der Waals surface area contributed by atoms with Crippen molar-refractivity contribution >= 4 is 81.3 Å². The van der Waals surface area contributed by atoms with Crippen LogP contribution >= 0.6 is 11.3 Å². The van der Waals surface area contributed by atoms with E-state index < -0.39 is 5.41 Å². The highest BCUT2D eigenvalue weighted by Crippen LogP contribution is 2.57. The topological polar surface area (TPSA) is 16.4 Å². The Kier molecular flexibility index (Phi) is 7.72. The highest BCUT2D eigenvalue weighted by atomic mass is 32.1. The maximum absolute atomic E-state index is 6.60. The molecule has 290 valence electrons. The summed E-state index contributed by atoms with van der Waals surface area (Å²) in [6, 6.07) is 82.4. The van der Waals surface area contributed by atoms with Gasteiger partial charge in [-0.15, -0.1) is 11.3 Å². The third-order valence-corrected chi connectivity index (χ3v) is 14.3. The van der Waals surface area contributed by atoms with E-state index >= 15 is 0 Å². The summed E-state index contributed by atoms with van der Waals surface area (Å²) < 4.78 is 9.19. The Labute approximate surface area is 363 Å². The Morgan fingerprint density at radius 3 is 1.84 bits per heavy atom. The Bertz CT molecular complexity index is 3650. The Morgan fingerprint density at radius 1 is 0.387 bits per heavy atom. The van der Waals surface area contributed by atoms with Gasteiger partial charge in [-0.2, -0.15) is 0 Å². The molecular formula is C59H37NOS. The van der Waals surface area contributed by atoms with Crippen LogP contribution < -0.4 is 4.90 Å². The standard InChI is InChI=1S/C59H37NOS/c1-3-15-40(16-4-1)59(41-17-5-2-6-18-41)52-23-11-9-20-47(52)48-34-31-44(37-53(48)59)60(43-32-35-56-51(36-43)49-21-10-12-25-55(49)62-56)42-29-26-39(27-30-42)45-22-13-24-54-57(45)50-33-28-38-14-7-8-19-46(38)58(50)61-54/h1-37H. The monoisotopic (exact) mass is 807 g/mol. The molecule has 0 spiro atoms. The van der Waals surface area contributed by atoms with Crippen LogP contribution in [0.4, 0.5) is 17.1 Å². The molecule has 0 unspecified atom stereocenters. The van der Waals surface area contributed by atoms with Gasteiger partial charge in [0.25, 0.3) is 0 Å². The van der Waals surface area contributed by atoms with Gasteiger partial charge < -0.3 is 9.32 Å². The van der Waals surface area contributed by atoms with Crippen molar-refractivity contribution in [2.45, 2.75) is 5.41 Å². The van der Waals surface area contributed by atoms with E-state index in [1.807, 2.05) is 11.3 Å². The number of anilines is 3. The maximum atomic E-state index is 6.60. The minimum atomic E-state index is -0.509. The van der Waals surface area contributed by atoms with E-state index in [1.54, 1.807) is 0 Å². The molecule has 0 aliphatic heterocycles. The van der Waals surface area contributed by atoms with E-state index in [0.717, 1.165) is 55.5 Å². The first-order chi connectivity index (χ1) is 30.7. The molecule has 10 aromatic carbocycles. The number of fused-ring (bicyclic) bond motifs is 11. The third-order valence-electron chi connectivity index (χ3n) is 13.1. The molecule has 0 N–H and O–H groups in total. The number of nitrogens with zero attached hydrogens (tertiary/aromatic N) is 1. The Hall–Kier alpha value is -7.72. The zero-order chi connectivity index (χ0) is 40.8. The molecule has 1 aliphatic carbocycles. The van der Waals surface area contributed by atoms with Crippen LogP contribution in [0.5, 0.6) is 0 Å². The van der Waals surface area contributed by atoms with Crippen LogP contribution in [-0.4, -0.2) is 0 Å². The number of rotatable bonds is 6. The lowest BCUT2D eigenvalue weighted by Crippen LogP contribution is -2.28. The summed E-state index contributed by atoms with van der Waals surface area (Å²) in [6.45, 7) is 0. The fraction of sp³-hybridized carbons (Fsp3) is 0.0169. The number of furan rings is 1. The van der Waals surface area contributed by atoms with Crippen LogP contribution in [-0.2, 0) is 5.41 Å². The van der Waals surface area contributed by atoms with Crippen molar-refractivity contribution in [3.8, 4) is 22.3 Å². The predicted octanol–water partition coefficient (Wildman–Crippen LogP) is 16.6. The molecule has 1 aliphatic rings. The number of benzene rings is 10. The van der Waals surface area contributed by atoms with Crippen molar-refractivity contribution < 1.29 is 4.42 Å². The summed E-state index contributed by atoms with van der Waals surface area (Å²) in [5.41, 5.74) is 14.6. The highest BCUT2D eigenvalue weighted by molar-refractivity contribution is 7.25. The summed E-state index contributed by atoms with van der Waals surface area (Å²) in [7, 11) is 0. The van der Waals surface area contributed by atoms with Crippen LogP contribution in [0.25, 0.3) is 75.1 Å². The zero-order valence-electron chi connectivity index (χ0n) is 33.6. The fourth-order valence-corrected chi connectivity index (χ4v) is 11.5. The van der Waals surface area contributed by atoms with Gasteiger partial charge in [0.1, 0.15) is 11.2 Å². The van der Waals surface area contributed by atoms with Gasteiger partial charge in [-0.05, 0) is 111 Å². The maximum Gasteiger partial charge on any atom is 0.143 e. The van der Waals surface area contributed by atoms with E-state index in [0.29, 0.717) is 0 Å². The van der Waals surface area contributed by atoms with E-state index in [1.165, 1.54) is 58.9 Å². The highest BCUT2D eigenvalue weighted by Gasteiger charge is 2.46.